The van der Waals surface area contributed by atoms with E-state index < -0.39 is 49.2 Å². The van der Waals surface area contributed by atoms with Gasteiger partial charge in [-0.1, -0.05) is 0 Å². The summed E-state index contributed by atoms with van der Waals surface area (Å²) < 4.78 is 160. The zero-order valence-electron chi connectivity index (χ0n) is 12.6. The zero-order valence-corrected chi connectivity index (χ0v) is 12.6. The van der Waals surface area contributed by atoms with Gasteiger partial charge in [-0.2, -0.15) is 17.6 Å². The molecule has 0 aliphatic heterocycles. The molecule has 0 aromatic heterocycles. The predicted molar refractivity (Wildman–Crippen MR) is 61.7 cm³/mol. The molecule has 162 valence electrons. The van der Waals surface area contributed by atoms with Crippen LogP contribution in [-0.2, 0) is 9.47 Å². The maximum Gasteiger partial charge on any atom is 0.525 e. The Labute approximate surface area is 146 Å². The highest BCUT2D eigenvalue weighted by atomic mass is 19.4. The van der Waals surface area contributed by atoms with Crippen LogP contribution in [-0.4, -0.2) is 37.7 Å². The van der Waals surface area contributed by atoms with E-state index in [0.717, 1.165) is 0 Å². The van der Waals surface area contributed by atoms with Gasteiger partial charge in [0, 0.05) is 0 Å². The van der Waals surface area contributed by atoms with Gasteiger partial charge in [0.1, 0.15) is 11.5 Å². The molecule has 1 rings (SSSR count). The minimum Gasteiger partial charge on any atom is -0.429 e. The van der Waals surface area contributed by atoms with E-state index in [0.29, 0.717) is 24.3 Å². The van der Waals surface area contributed by atoms with Gasteiger partial charge in [0.15, 0.2) is 0 Å². The van der Waals surface area contributed by atoms with E-state index in [1.165, 1.54) is 0 Å². The van der Waals surface area contributed by atoms with E-state index in [-0.39, 0.29) is 0 Å². The molecule has 0 amide bonds. The highest BCUT2D eigenvalue weighted by molar-refractivity contribution is 5.31. The Morgan fingerprint density at radius 2 is 0.786 bits per heavy atom. The third kappa shape index (κ3) is 7.87. The first-order chi connectivity index (χ1) is 12.4. The van der Waals surface area contributed by atoms with Crippen LogP contribution in [0.5, 0.6) is 11.5 Å². The minimum absolute atomic E-state index is 0.331. The van der Waals surface area contributed by atoms with E-state index in [4.69, 9.17) is 0 Å². The Morgan fingerprint density at radius 3 is 1.00 bits per heavy atom. The van der Waals surface area contributed by atoms with Crippen molar-refractivity contribution in [1.29, 1.82) is 0 Å². The lowest BCUT2D eigenvalue weighted by Gasteiger charge is -2.23. The van der Waals surface area contributed by atoms with Gasteiger partial charge in [0.2, 0.25) is 0 Å². The van der Waals surface area contributed by atoms with Crippen molar-refractivity contribution in [3.63, 3.8) is 0 Å². The van der Waals surface area contributed by atoms with Gasteiger partial charge in [-0.25, -0.2) is 18.3 Å². The highest BCUT2D eigenvalue weighted by Crippen LogP contribution is 2.34. The second-order valence-electron chi connectivity index (χ2n) is 4.56. The monoisotopic (exact) mass is 442 g/mol. The molecule has 0 N–H and O–H groups in total. The molecule has 4 nitrogen and oxygen atoms in total. The van der Waals surface area contributed by atoms with Crippen molar-refractivity contribution in [3.05, 3.63) is 24.3 Å². The van der Waals surface area contributed by atoms with Crippen molar-refractivity contribution >= 4 is 0 Å². The molecule has 0 bridgehead atoms. The van der Waals surface area contributed by atoms with Gasteiger partial charge in [0.25, 0.3) is 0 Å². The quantitative estimate of drug-likeness (QED) is 0.513. The lowest BCUT2D eigenvalue weighted by atomic mass is 10.3. The molecule has 0 saturated heterocycles. The first-order valence-corrected chi connectivity index (χ1v) is 6.42. The third-order valence-electron chi connectivity index (χ3n) is 2.33. The molecule has 0 fully saturated rings. The fourth-order valence-corrected chi connectivity index (χ4v) is 1.35. The topological polar surface area (TPSA) is 36.9 Å². The Balaban J connectivity index is 2.78. The van der Waals surface area contributed by atoms with E-state index in [2.05, 4.69) is 18.9 Å². The van der Waals surface area contributed by atoms with Gasteiger partial charge in [-0.15, -0.1) is 26.3 Å². The number of hydrogen-bond donors (Lipinski definition) is 0. The summed E-state index contributed by atoms with van der Waals surface area (Å²) in [6.45, 7) is 0. The predicted octanol–water partition coefficient (Wildman–Crippen LogP) is 5.29. The van der Waals surface area contributed by atoms with E-state index in [1.54, 1.807) is 0 Å². The first-order valence-electron chi connectivity index (χ1n) is 6.42. The molecule has 0 aliphatic rings. The summed E-state index contributed by atoms with van der Waals surface area (Å²) >= 11 is 0. The number of ether oxygens (including phenoxy) is 4. The molecule has 0 aliphatic carbocycles. The SMILES string of the molecule is FC(OC(F)(F)F)C(F)(F)Oc1ccc(OC(F)(F)C(F)OC(F)(F)F)cc1. The molecule has 1 aromatic rings. The summed E-state index contributed by atoms with van der Waals surface area (Å²) in [6, 6.07) is 1.32. The van der Waals surface area contributed by atoms with Crippen LogP contribution < -0.4 is 9.47 Å². The summed E-state index contributed by atoms with van der Waals surface area (Å²) in [6.07, 6.45) is -30.5. The molecule has 28 heavy (non-hydrogen) atoms. The second-order valence-corrected chi connectivity index (χ2v) is 4.56. The smallest absolute Gasteiger partial charge is 0.429 e. The molecule has 2 atom stereocenters. The van der Waals surface area contributed by atoms with Crippen molar-refractivity contribution in [3.8, 4) is 11.5 Å². The average Bonchev–Trinajstić information content (AvgIpc) is 2.45. The fraction of sp³-hybridized carbons (Fsp3) is 0.500. The second kappa shape index (κ2) is 8.10. The van der Waals surface area contributed by atoms with Crippen molar-refractivity contribution in [1.82, 2.24) is 0 Å². The molecule has 0 saturated carbocycles. The third-order valence-corrected chi connectivity index (χ3v) is 2.33. The number of hydrogen-bond acceptors (Lipinski definition) is 4. The number of halogens is 12. The van der Waals surface area contributed by atoms with Crippen molar-refractivity contribution < 1.29 is 71.6 Å². The molecule has 1 aromatic carbocycles. The van der Waals surface area contributed by atoms with Gasteiger partial charge in [-0.3, -0.25) is 0 Å². The van der Waals surface area contributed by atoms with Crippen LogP contribution >= 0.6 is 0 Å². The van der Waals surface area contributed by atoms with Crippen LogP contribution in [0.3, 0.4) is 0 Å². The highest BCUT2D eigenvalue weighted by Gasteiger charge is 2.51. The maximum absolute atomic E-state index is 13.1. The van der Waals surface area contributed by atoms with Crippen LogP contribution in [0, 0.1) is 0 Å². The number of alkyl halides is 12. The summed E-state index contributed by atoms with van der Waals surface area (Å²) in [5.74, 6) is -2.17. The number of benzene rings is 1. The lowest BCUT2D eigenvalue weighted by molar-refractivity contribution is -0.411. The molecular weight excluding hydrogens is 436 g/mol. The minimum atomic E-state index is -5.77. The van der Waals surface area contributed by atoms with Gasteiger partial charge in [-0.05, 0) is 24.3 Å². The molecule has 16 heteroatoms. The largest absolute Gasteiger partial charge is 0.525 e. The van der Waals surface area contributed by atoms with E-state index >= 15 is 0 Å². The van der Waals surface area contributed by atoms with E-state index in [9.17, 15) is 52.7 Å². The van der Waals surface area contributed by atoms with Crippen molar-refractivity contribution in [2.75, 3.05) is 0 Å². The van der Waals surface area contributed by atoms with Gasteiger partial charge in [0.05, 0.1) is 0 Å². The Morgan fingerprint density at radius 1 is 0.536 bits per heavy atom. The Bertz CT molecular complexity index is 572. The average molecular weight is 442 g/mol. The van der Waals surface area contributed by atoms with Gasteiger partial charge < -0.3 is 9.47 Å². The van der Waals surface area contributed by atoms with Crippen LogP contribution in [0.1, 0.15) is 0 Å². The van der Waals surface area contributed by atoms with Crippen LogP contribution in [0.15, 0.2) is 24.3 Å². The normalized spacial score (nSPS) is 15.9. The summed E-state index contributed by atoms with van der Waals surface area (Å²) in [5.41, 5.74) is 0. The van der Waals surface area contributed by atoms with Crippen LogP contribution in [0.2, 0.25) is 0 Å². The molecule has 0 heterocycles. The maximum atomic E-state index is 13.1. The number of rotatable bonds is 8. The summed E-state index contributed by atoms with van der Waals surface area (Å²) in [4.78, 5) is 0. The lowest BCUT2D eigenvalue weighted by Crippen LogP contribution is -2.41. The van der Waals surface area contributed by atoms with Crippen molar-refractivity contribution in [2.45, 2.75) is 37.7 Å². The van der Waals surface area contributed by atoms with Crippen LogP contribution in [0.4, 0.5) is 52.7 Å². The van der Waals surface area contributed by atoms with E-state index in [1.807, 2.05) is 0 Å². The molecular formula is C12H6F12O4. The van der Waals surface area contributed by atoms with Crippen molar-refractivity contribution in [2.24, 2.45) is 0 Å². The first kappa shape index (κ1) is 23.9. The molecule has 2 unspecified atom stereocenters. The Kier molecular flexibility index (Phi) is 6.93. The van der Waals surface area contributed by atoms with Crippen LogP contribution in [0.25, 0.3) is 0 Å². The summed E-state index contributed by atoms with van der Waals surface area (Å²) in [7, 11) is 0. The molecule has 0 spiro atoms. The molecule has 0 radical (unpaired) electrons. The summed E-state index contributed by atoms with van der Waals surface area (Å²) in [5, 5.41) is 0. The fourth-order valence-electron chi connectivity index (χ4n) is 1.35. The zero-order chi connectivity index (χ0) is 22.0. The Hall–Kier alpha value is -2.10. The van der Waals surface area contributed by atoms with Gasteiger partial charge >= 0.3 is 37.7 Å². The standard InChI is InChI=1S/C12H6F12O4/c13-7(27-11(19,20)21)9(15,16)25-5-1-2-6(4-3-5)26-10(17,18)8(14)28-12(22,23)24/h1-4,7-8H.